The normalized spacial score (nSPS) is 10.6. The van der Waals surface area contributed by atoms with Gasteiger partial charge in [-0.2, -0.15) is 15.0 Å². The molecule has 3 rings (SSSR count). The van der Waals surface area contributed by atoms with E-state index in [9.17, 15) is 4.39 Å². The second kappa shape index (κ2) is 8.18. The molecular weight excluding hydrogens is 369 g/mol. The topological polar surface area (TPSA) is 63.2 Å². The first-order valence-corrected chi connectivity index (χ1v) is 8.59. The average molecular weight is 388 g/mol. The molecule has 2 aromatic carbocycles. The summed E-state index contributed by atoms with van der Waals surface area (Å²) in [5.74, 6) is 1.80. The highest BCUT2D eigenvalue weighted by molar-refractivity contribution is 6.31. The van der Waals surface area contributed by atoms with Crippen LogP contribution in [0.2, 0.25) is 5.02 Å². The van der Waals surface area contributed by atoms with Crippen LogP contribution in [0.5, 0.6) is 5.75 Å². The van der Waals surface area contributed by atoms with Gasteiger partial charge in [-0.15, -0.1) is 0 Å². The Morgan fingerprint density at radius 1 is 1.07 bits per heavy atom. The van der Waals surface area contributed by atoms with Gasteiger partial charge in [0.2, 0.25) is 11.9 Å². The Morgan fingerprint density at radius 2 is 1.81 bits per heavy atom. The third kappa shape index (κ3) is 4.83. The third-order valence-corrected chi connectivity index (χ3v) is 4.06. The van der Waals surface area contributed by atoms with Gasteiger partial charge in [0.1, 0.15) is 17.4 Å². The van der Waals surface area contributed by atoms with Gasteiger partial charge in [0.25, 0.3) is 0 Å². The molecule has 0 amide bonds. The van der Waals surface area contributed by atoms with Crippen molar-refractivity contribution in [3.05, 3.63) is 64.7 Å². The number of benzene rings is 2. The highest BCUT2D eigenvalue weighted by Gasteiger charge is 2.10. The van der Waals surface area contributed by atoms with Crippen molar-refractivity contribution >= 4 is 29.2 Å². The van der Waals surface area contributed by atoms with Gasteiger partial charge in [-0.25, -0.2) is 4.39 Å². The lowest BCUT2D eigenvalue weighted by molar-refractivity contribution is 0.414. The van der Waals surface area contributed by atoms with Crippen LogP contribution in [0, 0.1) is 5.82 Å². The van der Waals surface area contributed by atoms with Crippen LogP contribution in [0.25, 0.3) is 0 Å². The molecule has 8 heteroatoms. The van der Waals surface area contributed by atoms with E-state index >= 15 is 0 Å². The summed E-state index contributed by atoms with van der Waals surface area (Å²) >= 11 is 5.84. The first kappa shape index (κ1) is 18.8. The minimum Gasteiger partial charge on any atom is -0.497 e. The molecule has 1 aromatic heterocycles. The van der Waals surface area contributed by atoms with Crippen molar-refractivity contribution in [3.8, 4) is 5.75 Å². The second-order valence-corrected chi connectivity index (χ2v) is 6.46. The maximum Gasteiger partial charge on any atom is 0.232 e. The van der Waals surface area contributed by atoms with E-state index < -0.39 is 5.82 Å². The van der Waals surface area contributed by atoms with Gasteiger partial charge in [0, 0.05) is 26.2 Å². The monoisotopic (exact) mass is 387 g/mol. The van der Waals surface area contributed by atoms with E-state index in [4.69, 9.17) is 16.3 Å². The van der Waals surface area contributed by atoms with Gasteiger partial charge in [0.05, 0.1) is 12.1 Å². The maximum atomic E-state index is 13.4. The smallest absolute Gasteiger partial charge is 0.232 e. The van der Waals surface area contributed by atoms with E-state index in [1.54, 1.807) is 18.1 Å². The molecule has 27 heavy (non-hydrogen) atoms. The Labute approximate surface area is 162 Å². The molecule has 0 radical (unpaired) electrons. The van der Waals surface area contributed by atoms with Crippen molar-refractivity contribution in [2.45, 2.75) is 6.42 Å². The van der Waals surface area contributed by atoms with Crippen molar-refractivity contribution in [3.63, 3.8) is 0 Å². The molecule has 0 spiro atoms. The molecule has 1 N–H and O–H groups in total. The molecule has 1 heterocycles. The van der Waals surface area contributed by atoms with Gasteiger partial charge in [-0.1, -0.05) is 23.7 Å². The van der Waals surface area contributed by atoms with Gasteiger partial charge < -0.3 is 15.0 Å². The van der Waals surface area contributed by atoms with Gasteiger partial charge >= 0.3 is 0 Å². The van der Waals surface area contributed by atoms with Gasteiger partial charge in [-0.05, 0) is 35.9 Å². The largest absolute Gasteiger partial charge is 0.497 e. The van der Waals surface area contributed by atoms with Crippen molar-refractivity contribution < 1.29 is 9.13 Å². The van der Waals surface area contributed by atoms with Crippen LogP contribution in [0.3, 0.4) is 0 Å². The number of methoxy groups -OCH3 is 1. The third-order valence-electron chi connectivity index (χ3n) is 3.77. The predicted octanol–water partition coefficient (Wildman–Crippen LogP) is 4.07. The average Bonchev–Trinajstić information content (AvgIpc) is 2.65. The highest BCUT2D eigenvalue weighted by Crippen LogP contribution is 2.22. The molecule has 0 saturated carbocycles. The molecule has 0 aliphatic carbocycles. The fourth-order valence-corrected chi connectivity index (χ4v) is 2.55. The Hall–Kier alpha value is -2.93. The molecule has 6 nitrogen and oxygen atoms in total. The first-order chi connectivity index (χ1) is 12.9. The van der Waals surface area contributed by atoms with Crippen LogP contribution in [0.15, 0.2) is 42.5 Å². The van der Waals surface area contributed by atoms with E-state index in [-0.39, 0.29) is 5.02 Å². The predicted molar refractivity (Wildman–Crippen MR) is 105 cm³/mol. The number of anilines is 3. The van der Waals surface area contributed by atoms with Crippen molar-refractivity contribution in [1.29, 1.82) is 0 Å². The fourth-order valence-electron chi connectivity index (χ4n) is 2.37. The molecule has 0 aliphatic heterocycles. The van der Waals surface area contributed by atoms with Crippen LogP contribution in [-0.2, 0) is 6.42 Å². The zero-order valence-electron chi connectivity index (χ0n) is 15.2. The van der Waals surface area contributed by atoms with Crippen molar-refractivity contribution in [2.24, 2.45) is 0 Å². The number of halogens is 2. The lowest BCUT2D eigenvalue weighted by Crippen LogP contribution is -2.16. The van der Waals surface area contributed by atoms with Crippen LogP contribution in [0.4, 0.5) is 22.0 Å². The molecule has 3 aromatic rings. The summed E-state index contributed by atoms with van der Waals surface area (Å²) in [6, 6.07) is 12.1. The van der Waals surface area contributed by atoms with Gasteiger partial charge in [-0.3, -0.25) is 0 Å². The lowest BCUT2D eigenvalue weighted by Gasteiger charge is -2.14. The number of hydrogen-bond donors (Lipinski definition) is 1. The van der Waals surface area contributed by atoms with Gasteiger partial charge in [0.15, 0.2) is 0 Å². The summed E-state index contributed by atoms with van der Waals surface area (Å²) in [4.78, 5) is 15.1. The van der Waals surface area contributed by atoms with Crippen LogP contribution in [0.1, 0.15) is 11.4 Å². The van der Waals surface area contributed by atoms with Crippen LogP contribution < -0.4 is 15.0 Å². The highest BCUT2D eigenvalue weighted by atomic mass is 35.5. The zero-order chi connectivity index (χ0) is 19.4. The molecule has 0 bridgehead atoms. The number of nitrogens with zero attached hydrogens (tertiary/aromatic N) is 4. The van der Waals surface area contributed by atoms with Crippen molar-refractivity contribution in [2.75, 3.05) is 31.4 Å². The molecule has 0 saturated heterocycles. The Balaban J connectivity index is 1.88. The summed E-state index contributed by atoms with van der Waals surface area (Å²) < 4.78 is 18.5. The summed E-state index contributed by atoms with van der Waals surface area (Å²) in [5.41, 5.74) is 1.63. The summed E-state index contributed by atoms with van der Waals surface area (Å²) in [5, 5.41) is 3.08. The van der Waals surface area contributed by atoms with E-state index in [0.717, 1.165) is 11.3 Å². The van der Waals surface area contributed by atoms with E-state index in [1.807, 2.05) is 38.4 Å². The van der Waals surface area contributed by atoms with Crippen molar-refractivity contribution in [1.82, 2.24) is 15.0 Å². The van der Waals surface area contributed by atoms with E-state index in [1.165, 1.54) is 12.1 Å². The van der Waals surface area contributed by atoms with E-state index in [2.05, 4.69) is 20.3 Å². The molecule has 0 fully saturated rings. The Kier molecular flexibility index (Phi) is 5.71. The number of aromatic nitrogens is 3. The molecule has 140 valence electrons. The standard InChI is InChI=1S/C19H19ClFN5O/c1-26(2)19-24-17(10-12-4-7-14(27-3)8-5-12)23-18(25-19)22-13-6-9-16(21)15(20)11-13/h4-9,11H,10H2,1-3H3,(H,22,23,24,25). The first-order valence-electron chi connectivity index (χ1n) is 8.22. The quantitative estimate of drug-likeness (QED) is 0.687. The Bertz CT molecular complexity index is 934. The summed E-state index contributed by atoms with van der Waals surface area (Å²) in [6.45, 7) is 0. The molecule has 0 atom stereocenters. The number of rotatable bonds is 6. The maximum absolute atomic E-state index is 13.4. The fraction of sp³-hybridized carbons (Fsp3) is 0.211. The Morgan fingerprint density at radius 3 is 2.44 bits per heavy atom. The molecule has 0 aliphatic rings. The number of nitrogens with one attached hydrogen (secondary N) is 1. The minimum absolute atomic E-state index is 0.0281. The second-order valence-electron chi connectivity index (χ2n) is 6.05. The van der Waals surface area contributed by atoms with Crippen LogP contribution >= 0.6 is 11.6 Å². The number of ether oxygens (including phenoxy) is 1. The number of hydrogen-bond acceptors (Lipinski definition) is 6. The summed E-state index contributed by atoms with van der Waals surface area (Å²) in [6.07, 6.45) is 0.534. The zero-order valence-corrected chi connectivity index (χ0v) is 16.0. The van der Waals surface area contributed by atoms with Crippen LogP contribution in [-0.4, -0.2) is 36.2 Å². The lowest BCUT2D eigenvalue weighted by atomic mass is 10.1. The SMILES string of the molecule is COc1ccc(Cc2nc(Nc3ccc(F)c(Cl)c3)nc(N(C)C)n2)cc1. The van der Waals surface area contributed by atoms with E-state index in [0.29, 0.717) is 29.8 Å². The summed E-state index contributed by atoms with van der Waals surface area (Å²) in [7, 11) is 5.33. The molecule has 0 unspecified atom stereocenters. The molecular formula is C19H19ClFN5O. The minimum atomic E-state index is -0.480.